The Hall–Kier alpha value is -1.09. The van der Waals surface area contributed by atoms with Crippen molar-refractivity contribution in [3.8, 4) is 0 Å². The van der Waals surface area contributed by atoms with Gasteiger partial charge in [-0.05, 0) is 54.1 Å². The van der Waals surface area contributed by atoms with Crippen LogP contribution < -0.4 is 0 Å². The Labute approximate surface area is 130 Å². The van der Waals surface area contributed by atoms with Crippen molar-refractivity contribution in [3.05, 3.63) is 74.2 Å². The van der Waals surface area contributed by atoms with Crippen molar-refractivity contribution < 1.29 is 4.79 Å². The minimum Gasteiger partial charge on any atom is -0.289 e. The molecule has 1 nitrogen and oxygen atoms in total. The van der Waals surface area contributed by atoms with E-state index in [-0.39, 0.29) is 5.78 Å². The van der Waals surface area contributed by atoms with E-state index in [1.165, 1.54) is 6.08 Å². The Balaban J connectivity index is 2.18. The normalized spacial score (nSPS) is 10.9. The third kappa shape index (κ3) is 3.93. The van der Waals surface area contributed by atoms with Gasteiger partial charge < -0.3 is 0 Å². The van der Waals surface area contributed by atoms with Gasteiger partial charge in [0.05, 0.1) is 0 Å². The van der Waals surface area contributed by atoms with Gasteiger partial charge in [0.15, 0.2) is 5.78 Å². The highest BCUT2D eigenvalue weighted by Crippen LogP contribution is 2.22. The van der Waals surface area contributed by atoms with E-state index >= 15 is 0 Å². The number of allylic oxidation sites excluding steroid dienone is 1. The van der Waals surface area contributed by atoms with Crippen LogP contribution in [0.4, 0.5) is 0 Å². The van der Waals surface area contributed by atoms with E-state index in [1.807, 2.05) is 12.1 Å². The van der Waals surface area contributed by atoms with Crippen LogP contribution in [0.5, 0.6) is 0 Å². The lowest BCUT2D eigenvalue weighted by molar-refractivity contribution is 0.104. The van der Waals surface area contributed by atoms with Crippen LogP contribution in [0.1, 0.15) is 15.9 Å². The van der Waals surface area contributed by atoms with Gasteiger partial charge in [-0.3, -0.25) is 4.79 Å². The summed E-state index contributed by atoms with van der Waals surface area (Å²) >= 11 is 15.2. The molecule has 4 heteroatoms. The number of rotatable bonds is 3. The quantitative estimate of drug-likeness (QED) is 0.513. The van der Waals surface area contributed by atoms with Crippen molar-refractivity contribution in [3.63, 3.8) is 0 Å². The fourth-order valence-corrected chi connectivity index (χ4v) is 2.25. The van der Waals surface area contributed by atoms with Gasteiger partial charge in [-0.2, -0.15) is 0 Å². The monoisotopic (exact) mass is 354 g/mol. The first kappa shape index (κ1) is 14.3. The number of halogens is 3. The Bertz CT molecular complexity index is 633. The minimum atomic E-state index is -0.0708. The molecular weight excluding hydrogens is 347 g/mol. The smallest absolute Gasteiger partial charge is 0.185 e. The number of carbonyl (C=O) groups excluding carboxylic acids is 1. The largest absolute Gasteiger partial charge is 0.289 e. The molecular formula is C15H9BrCl2O. The average Bonchev–Trinajstić information content (AvgIpc) is 2.38. The van der Waals surface area contributed by atoms with E-state index in [9.17, 15) is 4.79 Å². The topological polar surface area (TPSA) is 17.1 Å². The molecule has 0 atom stereocenters. The van der Waals surface area contributed by atoms with Crippen LogP contribution in [-0.4, -0.2) is 5.78 Å². The second-order valence-electron chi connectivity index (χ2n) is 3.87. The van der Waals surface area contributed by atoms with Crippen molar-refractivity contribution in [1.29, 1.82) is 0 Å². The van der Waals surface area contributed by atoms with E-state index in [1.54, 1.807) is 36.4 Å². The molecule has 2 aromatic rings. The predicted octanol–water partition coefficient (Wildman–Crippen LogP) is 5.65. The molecule has 0 aliphatic carbocycles. The number of benzene rings is 2. The van der Waals surface area contributed by atoms with Gasteiger partial charge >= 0.3 is 0 Å². The molecule has 0 saturated carbocycles. The number of hydrogen-bond acceptors (Lipinski definition) is 1. The van der Waals surface area contributed by atoms with E-state index < -0.39 is 0 Å². The summed E-state index contributed by atoms with van der Waals surface area (Å²) in [5.41, 5.74) is 1.39. The molecule has 0 aromatic heterocycles. The molecule has 0 unspecified atom stereocenters. The summed E-state index contributed by atoms with van der Waals surface area (Å²) in [7, 11) is 0. The average molecular weight is 356 g/mol. The molecule has 19 heavy (non-hydrogen) atoms. The van der Waals surface area contributed by atoms with Crippen molar-refractivity contribution in [1.82, 2.24) is 0 Å². The third-order valence-corrected chi connectivity index (χ3v) is 3.60. The number of carbonyl (C=O) groups is 1. The highest BCUT2D eigenvalue weighted by molar-refractivity contribution is 9.10. The first-order chi connectivity index (χ1) is 9.06. The molecule has 0 saturated heterocycles. The van der Waals surface area contributed by atoms with Crippen LogP contribution in [0.3, 0.4) is 0 Å². The van der Waals surface area contributed by atoms with Gasteiger partial charge in [-0.1, -0.05) is 45.2 Å². The third-order valence-electron chi connectivity index (χ3n) is 2.51. The van der Waals surface area contributed by atoms with Crippen LogP contribution in [-0.2, 0) is 0 Å². The van der Waals surface area contributed by atoms with Gasteiger partial charge in [0.25, 0.3) is 0 Å². The zero-order valence-electron chi connectivity index (χ0n) is 9.74. The Morgan fingerprint density at radius 3 is 2.37 bits per heavy atom. The summed E-state index contributed by atoms with van der Waals surface area (Å²) in [6.07, 6.45) is 3.18. The molecule has 0 radical (unpaired) electrons. The first-order valence-electron chi connectivity index (χ1n) is 5.49. The summed E-state index contributed by atoms with van der Waals surface area (Å²) in [6, 6.07) is 12.3. The lowest BCUT2D eigenvalue weighted by Crippen LogP contribution is -1.93. The molecule has 2 aromatic carbocycles. The summed E-state index contributed by atoms with van der Waals surface area (Å²) in [5.74, 6) is -0.0708. The van der Waals surface area contributed by atoms with Crippen LogP contribution in [0.15, 0.2) is 53.0 Å². The molecule has 96 valence electrons. The maximum Gasteiger partial charge on any atom is 0.185 e. The first-order valence-corrected chi connectivity index (χ1v) is 7.04. The van der Waals surface area contributed by atoms with E-state index in [4.69, 9.17) is 23.2 Å². The Morgan fingerprint density at radius 1 is 1.05 bits per heavy atom. The molecule has 0 amide bonds. The molecule has 0 aliphatic heterocycles. The SMILES string of the molecule is O=C(/C=C/c1ccc(Cl)cc1Cl)c1ccc(Br)cc1. The Morgan fingerprint density at radius 2 is 1.74 bits per heavy atom. The summed E-state index contributed by atoms with van der Waals surface area (Å²) in [5, 5.41) is 1.09. The van der Waals surface area contributed by atoms with Crippen molar-refractivity contribution >= 4 is 51.0 Å². The van der Waals surface area contributed by atoms with Crippen LogP contribution >= 0.6 is 39.1 Å². The predicted molar refractivity (Wildman–Crippen MR) is 84.0 cm³/mol. The highest BCUT2D eigenvalue weighted by Gasteiger charge is 2.02. The fourth-order valence-electron chi connectivity index (χ4n) is 1.51. The zero-order valence-corrected chi connectivity index (χ0v) is 12.8. The molecule has 0 spiro atoms. The second-order valence-corrected chi connectivity index (χ2v) is 5.63. The fraction of sp³-hybridized carbons (Fsp3) is 0. The maximum absolute atomic E-state index is 11.9. The summed E-state index contributed by atoms with van der Waals surface area (Å²) in [4.78, 5) is 11.9. The summed E-state index contributed by atoms with van der Waals surface area (Å²) in [6.45, 7) is 0. The number of hydrogen-bond donors (Lipinski definition) is 0. The van der Waals surface area contributed by atoms with Crippen LogP contribution in [0.25, 0.3) is 6.08 Å². The maximum atomic E-state index is 11.9. The molecule has 0 bridgehead atoms. The van der Waals surface area contributed by atoms with Crippen molar-refractivity contribution in [2.45, 2.75) is 0 Å². The molecule has 0 fully saturated rings. The van der Waals surface area contributed by atoms with E-state index in [0.29, 0.717) is 15.6 Å². The van der Waals surface area contributed by atoms with Gasteiger partial charge in [0, 0.05) is 20.1 Å². The molecule has 0 N–H and O–H groups in total. The summed E-state index contributed by atoms with van der Waals surface area (Å²) < 4.78 is 0.939. The van der Waals surface area contributed by atoms with Crippen molar-refractivity contribution in [2.24, 2.45) is 0 Å². The Kier molecular flexibility index (Phi) is 4.81. The van der Waals surface area contributed by atoms with Crippen molar-refractivity contribution in [2.75, 3.05) is 0 Å². The van der Waals surface area contributed by atoms with Crippen LogP contribution in [0, 0.1) is 0 Å². The van der Waals surface area contributed by atoms with Gasteiger partial charge in [0.1, 0.15) is 0 Å². The van der Waals surface area contributed by atoms with E-state index in [0.717, 1.165) is 10.0 Å². The standard InChI is InChI=1S/C15H9BrCl2O/c16-12-5-1-11(2-6-12)15(19)8-4-10-3-7-13(17)9-14(10)18/h1-9H/b8-4+. The van der Waals surface area contributed by atoms with Gasteiger partial charge in [0.2, 0.25) is 0 Å². The second kappa shape index (κ2) is 6.38. The number of ketones is 1. The minimum absolute atomic E-state index is 0.0708. The van der Waals surface area contributed by atoms with Gasteiger partial charge in [-0.25, -0.2) is 0 Å². The lowest BCUT2D eigenvalue weighted by atomic mass is 10.1. The molecule has 0 aliphatic rings. The zero-order chi connectivity index (χ0) is 13.8. The molecule has 2 rings (SSSR count). The van der Waals surface area contributed by atoms with E-state index in [2.05, 4.69) is 15.9 Å². The lowest BCUT2D eigenvalue weighted by Gasteiger charge is -1.99. The van der Waals surface area contributed by atoms with Gasteiger partial charge in [-0.15, -0.1) is 0 Å². The molecule has 0 heterocycles. The highest BCUT2D eigenvalue weighted by atomic mass is 79.9. The van der Waals surface area contributed by atoms with Crippen LogP contribution in [0.2, 0.25) is 10.0 Å².